The Labute approximate surface area is 102 Å². The molecule has 0 aliphatic rings. The Kier molecular flexibility index (Phi) is 4.11. The van der Waals surface area contributed by atoms with E-state index in [4.69, 9.17) is 15.9 Å². The average molecular weight is 255 g/mol. The molecule has 7 nitrogen and oxygen atoms in total. The van der Waals surface area contributed by atoms with E-state index in [0.717, 1.165) is 12.1 Å². The SMILES string of the molecule is NC(CCC(=O)O)c1cc(C(=O)O)c(O)cc1O. The maximum absolute atomic E-state index is 10.8. The predicted octanol–water partition coefficient (Wildman–Crippen LogP) is 0.661. The van der Waals surface area contributed by atoms with Gasteiger partial charge in [-0.2, -0.15) is 0 Å². The molecule has 1 unspecified atom stereocenters. The fourth-order valence-electron chi connectivity index (χ4n) is 1.50. The second-order valence-electron chi connectivity index (χ2n) is 3.77. The molecular formula is C11H13NO6. The van der Waals surface area contributed by atoms with Crippen LogP contribution in [-0.2, 0) is 4.79 Å². The van der Waals surface area contributed by atoms with Gasteiger partial charge in [-0.3, -0.25) is 4.79 Å². The summed E-state index contributed by atoms with van der Waals surface area (Å²) in [5.74, 6) is -3.34. The fraction of sp³-hybridized carbons (Fsp3) is 0.273. The van der Waals surface area contributed by atoms with Crippen molar-refractivity contribution in [2.24, 2.45) is 5.73 Å². The largest absolute Gasteiger partial charge is 0.507 e. The molecule has 0 spiro atoms. The van der Waals surface area contributed by atoms with Crippen molar-refractivity contribution in [1.29, 1.82) is 0 Å². The van der Waals surface area contributed by atoms with E-state index in [9.17, 15) is 19.8 Å². The fourth-order valence-corrected chi connectivity index (χ4v) is 1.50. The van der Waals surface area contributed by atoms with Crippen molar-refractivity contribution in [3.63, 3.8) is 0 Å². The summed E-state index contributed by atoms with van der Waals surface area (Å²) in [7, 11) is 0. The lowest BCUT2D eigenvalue weighted by atomic mass is 9.99. The first-order valence-electron chi connectivity index (χ1n) is 5.09. The Morgan fingerprint density at radius 3 is 2.28 bits per heavy atom. The third-order valence-corrected chi connectivity index (χ3v) is 2.44. The number of aliphatic carboxylic acids is 1. The van der Waals surface area contributed by atoms with Gasteiger partial charge in [-0.1, -0.05) is 0 Å². The number of nitrogens with two attached hydrogens (primary N) is 1. The lowest BCUT2D eigenvalue weighted by Gasteiger charge is -2.14. The third kappa shape index (κ3) is 3.11. The van der Waals surface area contributed by atoms with Gasteiger partial charge in [-0.25, -0.2) is 4.79 Å². The number of carboxylic acids is 2. The summed E-state index contributed by atoms with van der Waals surface area (Å²) in [4.78, 5) is 21.2. The Hall–Kier alpha value is -2.28. The zero-order valence-corrected chi connectivity index (χ0v) is 9.33. The first-order valence-corrected chi connectivity index (χ1v) is 5.09. The van der Waals surface area contributed by atoms with Crippen molar-refractivity contribution in [2.75, 3.05) is 0 Å². The van der Waals surface area contributed by atoms with Gasteiger partial charge in [0.1, 0.15) is 17.1 Å². The molecule has 0 aliphatic carbocycles. The van der Waals surface area contributed by atoms with Crippen molar-refractivity contribution in [2.45, 2.75) is 18.9 Å². The minimum absolute atomic E-state index is 0.0483. The lowest BCUT2D eigenvalue weighted by molar-refractivity contribution is -0.137. The highest BCUT2D eigenvalue weighted by Crippen LogP contribution is 2.32. The number of carbonyl (C=O) groups is 2. The molecule has 0 heterocycles. The third-order valence-electron chi connectivity index (χ3n) is 2.44. The van der Waals surface area contributed by atoms with Crippen LogP contribution in [0.4, 0.5) is 0 Å². The Bertz CT molecular complexity index is 485. The van der Waals surface area contributed by atoms with Gasteiger partial charge in [0.15, 0.2) is 0 Å². The minimum atomic E-state index is -1.36. The van der Waals surface area contributed by atoms with Crippen LogP contribution in [0, 0.1) is 0 Å². The molecule has 1 rings (SSSR count). The molecule has 0 fully saturated rings. The van der Waals surface area contributed by atoms with E-state index in [2.05, 4.69) is 0 Å². The molecule has 1 aromatic carbocycles. The Morgan fingerprint density at radius 2 is 1.78 bits per heavy atom. The number of aromatic hydroxyl groups is 2. The summed E-state index contributed by atoms with van der Waals surface area (Å²) in [6.45, 7) is 0. The molecule has 0 saturated carbocycles. The van der Waals surface area contributed by atoms with Crippen molar-refractivity contribution in [1.82, 2.24) is 0 Å². The average Bonchev–Trinajstić information content (AvgIpc) is 2.25. The zero-order valence-electron chi connectivity index (χ0n) is 9.33. The van der Waals surface area contributed by atoms with E-state index < -0.39 is 29.3 Å². The second kappa shape index (κ2) is 5.37. The highest BCUT2D eigenvalue weighted by atomic mass is 16.4. The zero-order chi connectivity index (χ0) is 13.9. The maximum atomic E-state index is 10.8. The van der Waals surface area contributed by atoms with E-state index in [-0.39, 0.29) is 24.2 Å². The van der Waals surface area contributed by atoms with Gasteiger partial charge in [0.05, 0.1) is 0 Å². The summed E-state index contributed by atoms with van der Waals surface area (Å²) in [5, 5.41) is 36.2. The first kappa shape index (κ1) is 13.8. The number of phenolic OH excluding ortho intramolecular Hbond substituents is 1. The normalized spacial score (nSPS) is 12.1. The number of hydrogen-bond donors (Lipinski definition) is 5. The van der Waals surface area contributed by atoms with Gasteiger partial charge in [-0.15, -0.1) is 0 Å². The van der Waals surface area contributed by atoms with Crippen LogP contribution in [0.5, 0.6) is 11.5 Å². The topological polar surface area (TPSA) is 141 Å². The molecule has 6 N–H and O–H groups in total. The van der Waals surface area contributed by atoms with Gasteiger partial charge in [-0.05, 0) is 12.5 Å². The highest BCUT2D eigenvalue weighted by molar-refractivity contribution is 5.91. The van der Waals surface area contributed by atoms with Crippen LogP contribution in [0.3, 0.4) is 0 Å². The van der Waals surface area contributed by atoms with E-state index >= 15 is 0 Å². The molecule has 1 atom stereocenters. The number of benzene rings is 1. The highest BCUT2D eigenvalue weighted by Gasteiger charge is 2.18. The van der Waals surface area contributed by atoms with Crippen molar-refractivity contribution >= 4 is 11.9 Å². The van der Waals surface area contributed by atoms with E-state index in [1.165, 1.54) is 0 Å². The Balaban J connectivity index is 3.04. The number of rotatable bonds is 5. The van der Waals surface area contributed by atoms with E-state index in [1.54, 1.807) is 0 Å². The summed E-state index contributed by atoms with van der Waals surface area (Å²) in [5.41, 5.74) is 5.36. The number of hydrogen-bond acceptors (Lipinski definition) is 5. The molecule has 0 amide bonds. The van der Waals surface area contributed by atoms with Crippen molar-refractivity contribution in [3.05, 3.63) is 23.3 Å². The van der Waals surface area contributed by atoms with Crippen LogP contribution in [0.15, 0.2) is 12.1 Å². The van der Waals surface area contributed by atoms with Crippen LogP contribution >= 0.6 is 0 Å². The summed E-state index contributed by atoms with van der Waals surface area (Å²) < 4.78 is 0. The smallest absolute Gasteiger partial charge is 0.339 e. The number of aromatic carboxylic acids is 1. The Morgan fingerprint density at radius 1 is 1.17 bits per heavy atom. The second-order valence-corrected chi connectivity index (χ2v) is 3.77. The summed E-state index contributed by atoms with van der Waals surface area (Å²) >= 11 is 0. The first-order chi connectivity index (χ1) is 8.32. The van der Waals surface area contributed by atoms with Crippen molar-refractivity contribution < 1.29 is 30.0 Å². The molecular weight excluding hydrogens is 242 g/mol. The van der Waals surface area contributed by atoms with Gasteiger partial charge in [0, 0.05) is 24.1 Å². The van der Waals surface area contributed by atoms with Gasteiger partial charge in [0.25, 0.3) is 0 Å². The molecule has 0 aromatic heterocycles. The van der Waals surface area contributed by atoms with Crippen LogP contribution in [-0.4, -0.2) is 32.4 Å². The lowest BCUT2D eigenvalue weighted by Crippen LogP contribution is -2.13. The van der Waals surface area contributed by atoms with Crippen LogP contribution in [0.2, 0.25) is 0 Å². The number of phenols is 2. The summed E-state index contributed by atoms with van der Waals surface area (Å²) in [6, 6.07) is 1.10. The monoisotopic (exact) mass is 255 g/mol. The maximum Gasteiger partial charge on any atom is 0.339 e. The molecule has 98 valence electrons. The molecule has 18 heavy (non-hydrogen) atoms. The van der Waals surface area contributed by atoms with Gasteiger partial charge >= 0.3 is 11.9 Å². The molecule has 0 radical (unpaired) electrons. The minimum Gasteiger partial charge on any atom is -0.507 e. The van der Waals surface area contributed by atoms with E-state index in [0.29, 0.717) is 0 Å². The molecule has 0 saturated heterocycles. The van der Waals surface area contributed by atoms with Crippen LogP contribution in [0.1, 0.15) is 34.8 Å². The predicted molar refractivity (Wildman–Crippen MR) is 60.5 cm³/mol. The standard InChI is InChI=1S/C11H13NO6/c12-7(1-2-10(15)16)5-3-6(11(17)18)9(14)4-8(5)13/h3-4,7,13-14H,1-2,12H2,(H,15,16)(H,17,18). The summed E-state index contributed by atoms with van der Waals surface area (Å²) in [6.07, 6.45) is -0.156. The van der Waals surface area contributed by atoms with Crippen molar-refractivity contribution in [3.8, 4) is 11.5 Å². The van der Waals surface area contributed by atoms with Crippen LogP contribution in [0.25, 0.3) is 0 Å². The molecule has 0 aliphatic heterocycles. The molecule has 7 heteroatoms. The van der Waals surface area contributed by atoms with Gasteiger partial charge in [0.2, 0.25) is 0 Å². The molecule has 1 aromatic rings. The molecule has 0 bridgehead atoms. The quantitative estimate of drug-likeness (QED) is 0.520. The van der Waals surface area contributed by atoms with Crippen LogP contribution < -0.4 is 5.73 Å². The number of carboxylic acid groups (broad SMARTS) is 2. The van der Waals surface area contributed by atoms with Gasteiger partial charge < -0.3 is 26.2 Å². The van der Waals surface area contributed by atoms with E-state index in [1.807, 2.05) is 0 Å².